The fourth-order valence-electron chi connectivity index (χ4n) is 1.96. The molecule has 0 saturated heterocycles. The first-order chi connectivity index (χ1) is 10.0. The van der Waals surface area contributed by atoms with E-state index in [-0.39, 0.29) is 17.7 Å². The molecule has 0 bridgehead atoms. The maximum atomic E-state index is 13.4. The number of methoxy groups -OCH3 is 1. The Morgan fingerprint density at radius 1 is 1.29 bits per heavy atom. The Morgan fingerprint density at radius 2 is 2.05 bits per heavy atom. The van der Waals surface area contributed by atoms with Gasteiger partial charge in [-0.25, -0.2) is 4.39 Å². The number of hydrogen-bond acceptors (Lipinski definition) is 3. The Morgan fingerprint density at radius 3 is 2.71 bits per heavy atom. The number of benzene rings is 2. The maximum Gasteiger partial charge on any atom is 0.142 e. The SMILES string of the molecule is COc1ccc([C@H](C)N)c(OCc2cccc(F)c2Cl)c1. The van der Waals surface area contributed by atoms with Crippen molar-refractivity contribution in [2.45, 2.75) is 19.6 Å². The van der Waals surface area contributed by atoms with Gasteiger partial charge in [-0.15, -0.1) is 0 Å². The molecule has 0 radical (unpaired) electrons. The lowest BCUT2D eigenvalue weighted by Gasteiger charge is -2.16. The fourth-order valence-corrected chi connectivity index (χ4v) is 2.14. The summed E-state index contributed by atoms with van der Waals surface area (Å²) in [6.45, 7) is 2.02. The molecular weight excluding hydrogens is 293 g/mol. The number of ether oxygens (including phenoxy) is 2. The van der Waals surface area contributed by atoms with E-state index in [1.165, 1.54) is 6.07 Å². The molecule has 112 valence electrons. The van der Waals surface area contributed by atoms with Crippen molar-refractivity contribution in [1.82, 2.24) is 0 Å². The number of hydrogen-bond donors (Lipinski definition) is 1. The Bertz CT molecular complexity index is 632. The van der Waals surface area contributed by atoms with Crippen LogP contribution < -0.4 is 15.2 Å². The van der Waals surface area contributed by atoms with Crippen LogP contribution in [-0.4, -0.2) is 7.11 Å². The molecular formula is C16H17ClFNO2. The lowest BCUT2D eigenvalue weighted by molar-refractivity contribution is 0.298. The number of halogens is 2. The van der Waals surface area contributed by atoms with E-state index in [1.54, 1.807) is 25.3 Å². The highest BCUT2D eigenvalue weighted by Gasteiger charge is 2.12. The van der Waals surface area contributed by atoms with Gasteiger partial charge in [-0.05, 0) is 19.1 Å². The zero-order valence-electron chi connectivity index (χ0n) is 11.9. The highest BCUT2D eigenvalue weighted by atomic mass is 35.5. The molecule has 5 heteroatoms. The van der Waals surface area contributed by atoms with Gasteiger partial charge in [-0.3, -0.25) is 0 Å². The van der Waals surface area contributed by atoms with Crippen molar-refractivity contribution in [2.75, 3.05) is 7.11 Å². The minimum Gasteiger partial charge on any atom is -0.497 e. The first kappa shape index (κ1) is 15.6. The first-order valence-corrected chi connectivity index (χ1v) is 6.90. The van der Waals surface area contributed by atoms with E-state index in [4.69, 9.17) is 26.8 Å². The van der Waals surface area contributed by atoms with Crippen molar-refractivity contribution in [3.05, 3.63) is 58.4 Å². The molecule has 0 aliphatic rings. The lowest BCUT2D eigenvalue weighted by atomic mass is 10.1. The molecule has 2 N–H and O–H groups in total. The first-order valence-electron chi connectivity index (χ1n) is 6.52. The molecule has 0 amide bonds. The smallest absolute Gasteiger partial charge is 0.142 e. The minimum absolute atomic E-state index is 0.0720. The molecule has 0 aromatic heterocycles. The molecule has 0 aliphatic heterocycles. The second-order valence-corrected chi connectivity index (χ2v) is 5.07. The van der Waals surface area contributed by atoms with Crippen LogP contribution >= 0.6 is 11.6 Å². The van der Waals surface area contributed by atoms with Gasteiger partial charge in [0.05, 0.1) is 12.1 Å². The number of nitrogens with two attached hydrogens (primary N) is 1. The Hall–Kier alpha value is -1.78. The van der Waals surface area contributed by atoms with Gasteiger partial charge in [-0.1, -0.05) is 29.8 Å². The Kier molecular flexibility index (Phi) is 5.04. The van der Waals surface area contributed by atoms with E-state index in [2.05, 4.69) is 0 Å². The molecule has 2 aromatic carbocycles. The van der Waals surface area contributed by atoms with Gasteiger partial charge in [0, 0.05) is 23.2 Å². The summed E-state index contributed by atoms with van der Waals surface area (Å²) in [6.07, 6.45) is 0. The van der Waals surface area contributed by atoms with Crippen molar-refractivity contribution in [1.29, 1.82) is 0 Å². The average molecular weight is 310 g/mol. The van der Waals surface area contributed by atoms with Gasteiger partial charge >= 0.3 is 0 Å². The second kappa shape index (κ2) is 6.78. The van der Waals surface area contributed by atoms with Crippen LogP contribution in [0.2, 0.25) is 5.02 Å². The molecule has 21 heavy (non-hydrogen) atoms. The standard InChI is InChI=1S/C16H17ClFNO2/c1-10(19)13-7-6-12(20-2)8-15(13)21-9-11-4-3-5-14(18)16(11)17/h3-8,10H,9,19H2,1-2H3/t10-/m0/s1. The van der Waals surface area contributed by atoms with Crippen LogP contribution in [-0.2, 0) is 6.61 Å². The van der Waals surface area contributed by atoms with E-state index >= 15 is 0 Å². The summed E-state index contributed by atoms with van der Waals surface area (Å²) in [5, 5.41) is 0.0720. The van der Waals surface area contributed by atoms with E-state index in [0.717, 1.165) is 5.56 Å². The number of rotatable bonds is 5. The topological polar surface area (TPSA) is 44.5 Å². The van der Waals surface area contributed by atoms with E-state index in [1.807, 2.05) is 19.1 Å². The third kappa shape index (κ3) is 3.65. The van der Waals surface area contributed by atoms with Gasteiger partial charge in [0.25, 0.3) is 0 Å². The summed E-state index contributed by atoms with van der Waals surface area (Å²) < 4.78 is 24.3. The molecule has 2 aromatic rings. The van der Waals surface area contributed by atoms with Crippen LogP contribution in [0.15, 0.2) is 36.4 Å². The van der Waals surface area contributed by atoms with Crippen LogP contribution in [0, 0.1) is 5.82 Å². The molecule has 2 rings (SSSR count). The molecule has 0 heterocycles. The molecule has 0 fully saturated rings. The van der Waals surface area contributed by atoms with Crippen LogP contribution in [0.1, 0.15) is 24.1 Å². The van der Waals surface area contributed by atoms with Crippen molar-refractivity contribution >= 4 is 11.6 Å². The summed E-state index contributed by atoms with van der Waals surface area (Å²) in [4.78, 5) is 0. The zero-order valence-corrected chi connectivity index (χ0v) is 12.7. The third-order valence-corrected chi connectivity index (χ3v) is 3.55. The Labute approximate surface area is 128 Å². The van der Waals surface area contributed by atoms with Gasteiger partial charge in [0.2, 0.25) is 0 Å². The highest BCUT2D eigenvalue weighted by molar-refractivity contribution is 6.31. The Balaban J connectivity index is 2.24. The van der Waals surface area contributed by atoms with E-state index < -0.39 is 5.82 Å². The van der Waals surface area contributed by atoms with Crippen LogP contribution in [0.4, 0.5) is 4.39 Å². The quantitative estimate of drug-likeness (QED) is 0.905. The normalized spacial score (nSPS) is 12.0. The predicted octanol–water partition coefficient (Wildman–Crippen LogP) is 4.09. The average Bonchev–Trinajstić information content (AvgIpc) is 2.48. The van der Waals surface area contributed by atoms with Crippen molar-refractivity contribution < 1.29 is 13.9 Å². The van der Waals surface area contributed by atoms with Gasteiger partial charge in [-0.2, -0.15) is 0 Å². The molecule has 1 atom stereocenters. The molecule has 0 unspecified atom stereocenters. The molecule has 0 saturated carbocycles. The van der Waals surface area contributed by atoms with Crippen LogP contribution in [0.25, 0.3) is 0 Å². The van der Waals surface area contributed by atoms with Crippen LogP contribution in [0.3, 0.4) is 0 Å². The molecule has 0 aliphatic carbocycles. The summed E-state index contributed by atoms with van der Waals surface area (Å²) in [5.41, 5.74) is 7.35. The third-order valence-electron chi connectivity index (χ3n) is 3.13. The lowest BCUT2D eigenvalue weighted by Crippen LogP contribution is -2.08. The van der Waals surface area contributed by atoms with Gasteiger partial charge in [0.15, 0.2) is 0 Å². The highest BCUT2D eigenvalue weighted by Crippen LogP contribution is 2.30. The van der Waals surface area contributed by atoms with Gasteiger partial charge < -0.3 is 15.2 Å². The zero-order chi connectivity index (χ0) is 15.4. The van der Waals surface area contributed by atoms with Crippen LogP contribution in [0.5, 0.6) is 11.5 Å². The maximum absolute atomic E-state index is 13.4. The summed E-state index contributed by atoms with van der Waals surface area (Å²) in [6, 6.07) is 9.87. The summed E-state index contributed by atoms with van der Waals surface area (Å²) in [7, 11) is 1.58. The van der Waals surface area contributed by atoms with Crippen molar-refractivity contribution in [3.63, 3.8) is 0 Å². The second-order valence-electron chi connectivity index (χ2n) is 4.69. The summed E-state index contributed by atoms with van der Waals surface area (Å²) >= 11 is 5.92. The molecule has 3 nitrogen and oxygen atoms in total. The largest absolute Gasteiger partial charge is 0.497 e. The van der Waals surface area contributed by atoms with Crippen molar-refractivity contribution in [2.24, 2.45) is 5.73 Å². The van der Waals surface area contributed by atoms with E-state index in [0.29, 0.717) is 17.1 Å². The predicted molar refractivity (Wildman–Crippen MR) is 81.3 cm³/mol. The summed E-state index contributed by atoms with van der Waals surface area (Å²) in [5.74, 6) is 0.806. The van der Waals surface area contributed by atoms with Gasteiger partial charge in [0.1, 0.15) is 23.9 Å². The monoisotopic (exact) mass is 309 g/mol. The van der Waals surface area contributed by atoms with Crippen molar-refractivity contribution in [3.8, 4) is 11.5 Å². The molecule has 0 spiro atoms. The van der Waals surface area contributed by atoms with E-state index in [9.17, 15) is 4.39 Å². The minimum atomic E-state index is -0.462. The fraction of sp³-hybridized carbons (Fsp3) is 0.250.